The molecule has 1 aliphatic heterocycles. The van der Waals surface area contributed by atoms with E-state index in [4.69, 9.17) is 9.47 Å². The Morgan fingerprint density at radius 2 is 2.14 bits per heavy atom. The molecule has 28 heavy (non-hydrogen) atoms. The zero-order chi connectivity index (χ0) is 19.5. The maximum Gasteiger partial charge on any atom is 0.265 e. The van der Waals surface area contributed by atoms with E-state index in [0.29, 0.717) is 23.6 Å². The molecule has 0 spiro atoms. The van der Waals surface area contributed by atoms with Gasteiger partial charge in [0.05, 0.1) is 29.5 Å². The summed E-state index contributed by atoms with van der Waals surface area (Å²) in [7, 11) is 1.67. The number of anilines is 1. The highest BCUT2D eigenvalue weighted by molar-refractivity contribution is 7.09. The summed E-state index contributed by atoms with van der Waals surface area (Å²) >= 11 is 1.58. The first-order valence-corrected chi connectivity index (χ1v) is 9.78. The van der Waals surface area contributed by atoms with Crippen LogP contribution in [0.5, 0.6) is 5.75 Å². The van der Waals surface area contributed by atoms with Gasteiger partial charge in [0.1, 0.15) is 11.6 Å². The third-order valence-electron chi connectivity index (χ3n) is 4.56. The molecule has 1 aromatic heterocycles. The molecule has 7 heteroatoms. The Labute approximate surface area is 166 Å². The van der Waals surface area contributed by atoms with Crippen molar-refractivity contribution in [1.29, 1.82) is 0 Å². The second-order valence-electron chi connectivity index (χ2n) is 6.41. The number of ether oxygens (including phenoxy) is 2. The fraction of sp³-hybridized carbons (Fsp3) is 0.238. The van der Waals surface area contributed by atoms with Crippen LogP contribution in [0.25, 0.3) is 11.3 Å². The first kappa shape index (κ1) is 18.6. The molecule has 4 rings (SSSR count). The van der Waals surface area contributed by atoms with E-state index in [1.54, 1.807) is 41.5 Å². The van der Waals surface area contributed by atoms with Gasteiger partial charge < -0.3 is 14.4 Å². The molecule has 1 aliphatic rings. The van der Waals surface area contributed by atoms with Crippen LogP contribution < -0.4 is 9.64 Å². The molecule has 0 saturated carbocycles. The van der Waals surface area contributed by atoms with Crippen molar-refractivity contribution < 1.29 is 18.7 Å². The summed E-state index contributed by atoms with van der Waals surface area (Å²) in [5.74, 6) is 0.0725. The monoisotopic (exact) mass is 398 g/mol. The predicted molar refractivity (Wildman–Crippen MR) is 106 cm³/mol. The second-order valence-corrected chi connectivity index (χ2v) is 7.35. The fourth-order valence-electron chi connectivity index (χ4n) is 3.08. The Hall–Kier alpha value is -2.77. The minimum atomic E-state index is -0.332. The highest BCUT2D eigenvalue weighted by atomic mass is 32.1. The minimum Gasteiger partial charge on any atom is -0.482 e. The Balaban J connectivity index is 1.66. The quantitative estimate of drug-likeness (QED) is 0.628. The predicted octanol–water partition coefficient (Wildman–Crippen LogP) is 4.06. The molecule has 0 atom stereocenters. The first-order chi connectivity index (χ1) is 13.7. The van der Waals surface area contributed by atoms with Crippen molar-refractivity contribution >= 4 is 22.9 Å². The fourth-order valence-corrected chi connectivity index (χ4v) is 3.87. The maximum absolute atomic E-state index is 14.1. The minimum absolute atomic E-state index is 0.0569. The van der Waals surface area contributed by atoms with Gasteiger partial charge in [-0.2, -0.15) is 0 Å². The number of carbonyl (C=O) groups excluding carboxylic acids is 1. The van der Waals surface area contributed by atoms with Gasteiger partial charge in [-0.3, -0.25) is 4.79 Å². The number of aromatic nitrogens is 1. The number of thiazole rings is 1. The van der Waals surface area contributed by atoms with Gasteiger partial charge in [0.25, 0.3) is 5.91 Å². The number of fused-ring (bicyclic) bond motifs is 1. The standard InChI is InChI=1S/C21H19FN2O3S/c1-26-9-8-20-23-17(13-28-20)14-6-7-19-18(10-14)24(21(25)12-27-19)11-15-4-2-3-5-16(15)22/h2-7,10,13H,8-9,11-12H2,1H3. The Kier molecular flexibility index (Phi) is 5.36. The van der Waals surface area contributed by atoms with E-state index in [2.05, 4.69) is 4.98 Å². The molecule has 3 aromatic rings. The van der Waals surface area contributed by atoms with Gasteiger partial charge in [0.2, 0.25) is 0 Å². The third kappa shape index (κ3) is 3.76. The van der Waals surface area contributed by atoms with Crippen LogP contribution in [-0.4, -0.2) is 31.2 Å². The summed E-state index contributed by atoms with van der Waals surface area (Å²) in [5, 5.41) is 2.98. The summed E-state index contributed by atoms with van der Waals surface area (Å²) in [4.78, 5) is 18.7. The number of hydrogen-bond acceptors (Lipinski definition) is 5. The van der Waals surface area contributed by atoms with Crippen LogP contribution in [0.2, 0.25) is 0 Å². The summed E-state index contributed by atoms with van der Waals surface area (Å²) in [5.41, 5.74) is 2.81. The van der Waals surface area contributed by atoms with Crippen LogP contribution in [0, 0.1) is 5.82 Å². The van der Waals surface area contributed by atoms with Crippen molar-refractivity contribution in [3.63, 3.8) is 0 Å². The highest BCUT2D eigenvalue weighted by Gasteiger charge is 2.27. The number of methoxy groups -OCH3 is 1. The van der Waals surface area contributed by atoms with Crippen molar-refractivity contribution in [3.05, 3.63) is 64.2 Å². The molecule has 1 amide bonds. The van der Waals surface area contributed by atoms with Gasteiger partial charge in [-0.05, 0) is 24.3 Å². The van der Waals surface area contributed by atoms with Crippen LogP contribution in [0.15, 0.2) is 47.8 Å². The smallest absolute Gasteiger partial charge is 0.265 e. The zero-order valence-corrected chi connectivity index (χ0v) is 16.2. The summed E-state index contributed by atoms with van der Waals surface area (Å²) in [6.07, 6.45) is 0.757. The number of carbonyl (C=O) groups is 1. The van der Waals surface area contributed by atoms with Crippen molar-refractivity contribution in [1.82, 2.24) is 4.98 Å². The lowest BCUT2D eigenvalue weighted by Crippen LogP contribution is -2.38. The van der Waals surface area contributed by atoms with Crippen molar-refractivity contribution in [3.8, 4) is 17.0 Å². The largest absolute Gasteiger partial charge is 0.482 e. The topological polar surface area (TPSA) is 51.7 Å². The molecule has 0 bridgehead atoms. The van der Waals surface area contributed by atoms with E-state index < -0.39 is 0 Å². The number of nitrogens with zero attached hydrogens (tertiary/aromatic N) is 2. The van der Waals surface area contributed by atoms with Gasteiger partial charge in [0, 0.05) is 30.0 Å². The number of hydrogen-bond donors (Lipinski definition) is 0. The molecule has 0 saturated heterocycles. The summed E-state index contributed by atoms with van der Waals surface area (Å²) < 4.78 is 24.8. The van der Waals surface area contributed by atoms with E-state index >= 15 is 0 Å². The van der Waals surface area contributed by atoms with Gasteiger partial charge in [-0.1, -0.05) is 18.2 Å². The van der Waals surface area contributed by atoms with Crippen LogP contribution in [0.1, 0.15) is 10.6 Å². The van der Waals surface area contributed by atoms with Crippen LogP contribution in [-0.2, 0) is 22.5 Å². The molecule has 0 unspecified atom stereocenters. The van der Waals surface area contributed by atoms with E-state index in [1.807, 2.05) is 23.6 Å². The van der Waals surface area contributed by atoms with Crippen LogP contribution >= 0.6 is 11.3 Å². The van der Waals surface area contributed by atoms with Crippen molar-refractivity contribution in [2.75, 3.05) is 25.2 Å². The molecule has 0 aliphatic carbocycles. The SMILES string of the molecule is COCCc1nc(-c2ccc3c(c2)N(Cc2ccccc2F)C(=O)CO3)cs1. The Morgan fingerprint density at radius 1 is 1.29 bits per heavy atom. The number of benzene rings is 2. The van der Waals surface area contributed by atoms with E-state index in [0.717, 1.165) is 22.7 Å². The molecule has 2 aromatic carbocycles. The number of amides is 1. The molecule has 0 fully saturated rings. The molecule has 0 radical (unpaired) electrons. The lowest BCUT2D eigenvalue weighted by Gasteiger charge is -2.30. The van der Waals surface area contributed by atoms with Crippen molar-refractivity contribution in [2.24, 2.45) is 0 Å². The Bertz CT molecular complexity index is 1000. The van der Waals surface area contributed by atoms with E-state index in [9.17, 15) is 9.18 Å². The number of rotatable bonds is 6. The third-order valence-corrected chi connectivity index (χ3v) is 5.46. The van der Waals surface area contributed by atoms with Crippen molar-refractivity contribution in [2.45, 2.75) is 13.0 Å². The molecule has 5 nitrogen and oxygen atoms in total. The molecular formula is C21H19FN2O3S. The van der Waals surface area contributed by atoms with Gasteiger partial charge in [-0.15, -0.1) is 11.3 Å². The van der Waals surface area contributed by atoms with E-state index in [1.165, 1.54) is 6.07 Å². The van der Waals surface area contributed by atoms with Gasteiger partial charge in [0.15, 0.2) is 6.61 Å². The van der Waals surface area contributed by atoms with Crippen LogP contribution in [0.4, 0.5) is 10.1 Å². The average molecular weight is 398 g/mol. The van der Waals surface area contributed by atoms with Crippen LogP contribution in [0.3, 0.4) is 0 Å². The second kappa shape index (κ2) is 8.08. The average Bonchev–Trinajstić information content (AvgIpc) is 3.18. The lowest BCUT2D eigenvalue weighted by atomic mass is 10.1. The lowest BCUT2D eigenvalue weighted by molar-refractivity contribution is -0.121. The first-order valence-electron chi connectivity index (χ1n) is 8.90. The molecule has 144 valence electrons. The maximum atomic E-state index is 14.1. The number of halogens is 1. The van der Waals surface area contributed by atoms with Gasteiger partial charge in [-0.25, -0.2) is 9.37 Å². The molecule has 0 N–H and O–H groups in total. The van der Waals surface area contributed by atoms with Gasteiger partial charge >= 0.3 is 0 Å². The normalized spacial score (nSPS) is 13.4. The zero-order valence-electron chi connectivity index (χ0n) is 15.4. The Morgan fingerprint density at radius 3 is 2.96 bits per heavy atom. The summed E-state index contributed by atoms with van der Waals surface area (Å²) in [6.45, 7) is 0.718. The summed E-state index contributed by atoms with van der Waals surface area (Å²) in [6, 6.07) is 12.1. The molecule has 2 heterocycles. The highest BCUT2D eigenvalue weighted by Crippen LogP contribution is 2.37. The molecular weight excluding hydrogens is 379 g/mol. The van der Waals surface area contributed by atoms with E-state index in [-0.39, 0.29) is 24.9 Å².